The fraction of sp³-hybridized carbons (Fsp3) is 0.357. The number of aliphatic hydroxyl groups excluding tert-OH is 1. The summed E-state index contributed by atoms with van der Waals surface area (Å²) in [5, 5.41) is 11.6. The number of hydrogen-bond acceptors (Lipinski definition) is 4. The molecule has 0 aliphatic heterocycles. The maximum absolute atomic E-state index is 11.5. The summed E-state index contributed by atoms with van der Waals surface area (Å²) in [6.07, 6.45) is 2.48. The van der Waals surface area contributed by atoms with Crippen LogP contribution in [0.15, 0.2) is 24.3 Å². The summed E-state index contributed by atoms with van der Waals surface area (Å²) >= 11 is 0. The predicted octanol–water partition coefficient (Wildman–Crippen LogP) is 1.21. The van der Waals surface area contributed by atoms with Crippen LogP contribution in [-0.4, -0.2) is 37.9 Å². The Morgan fingerprint density at radius 3 is 2.74 bits per heavy atom. The number of carbonyl (C=O) groups is 1. The molecule has 104 valence electrons. The van der Waals surface area contributed by atoms with E-state index < -0.39 is 6.10 Å². The zero-order valence-electron chi connectivity index (χ0n) is 11.3. The fourth-order valence-corrected chi connectivity index (χ4v) is 1.43. The summed E-state index contributed by atoms with van der Waals surface area (Å²) in [4.78, 5) is 11.5. The van der Waals surface area contributed by atoms with Gasteiger partial charge in [-0.1, -0.05) is 0 Å². The second kappa shape index (κ2) is 7.43. The molecule has 1 unspecified atom stereocenters. The highest BCUT2D eigenvalue weighted by Crippen LogP contribution is 2.25. The van der Waals surface area contributed by atoms with Gasteiger partial charge in [0.15, 0.2) is 0 Å². The molecule has 1 rings (SSSR count). The van der Waals surface area contributed by atoms with Crippen molar-refractivity contribution in [1.29, 1.82) is 0 Å². The number of methoxy groups -OCH3 is 2. The SMILES string of the molecule is COc1ccc(/C=C/C(=O)NCC(C)O)c(OC)c1. The zero-order valence-corrected chi connectivity index (χ0v) is 11.3. The molecule has 0 aliphatic rings. The van der Waals surface area contributed by atoms with Gasteiger partial charge in [0.05, 0.1) is 20.3 Å². The number of ether oxygens (including phenoxy) is 2. The molecule has 1 aromatic carbocycles. The monoisotopic (exact) mass is 265 g/mol. The van der Waals surface area contributed by atoms with Gasteiger partial charge in [0.2, 0.25) is 5.91 Å². The fourth-order valence-electron chi connectivity index (χ4n) is 1.43. The van der Waals surface area contributed by atoms with Crippen LogP contribution < -0.4 is 14.8 Å². The highest BCUT2D eigenvalue weighted by atomic mass is 16.5. The summed E-state index contributed by atoms with van der Waals surface area (Å²) in [5.41, 5.74) is 0.774. The summed E-state index contributed by atoms with van der Waals surface area (Å²) < 4.78 is 10.3. The molecule has 0 fully saturated rings. The molecule has 19 heavy (non-hydrogen) atoms. The second-order valence-electron chi connectivity index (χ2n) is 4.04. The number of benzene rings is 1. The molecule has 1 aromatic rings. The Bertz CT molecular complexity index is 455. The number of rotatable bonds is 6. The quantitative estimate of drug-likeness (QED) is 0.759. The molecule has 2 N–H and O–H groups in total. The largest absolute Gasteiger partial charge is 0.497 e. The van der Waals surface area contributed by atoms with E-state index in [1.165, 1.54) is 6.08 Å². The minimum Gasteiger partial charge on any atom is -0.497 e. The van der Waals surface area contributed by atoms with Crippen LogP contribution in [0.2, 0.25) is 0 Å². The third-order valence-corrected chi connectivity index (χ3v) is 2.43. The van der Waals surface area contributed by atoms with Crippen molar-refractivity contribution in [2.75, 3.05) is 20.8 Å². The summed E-state index contributed by atoms with van der Waals surface area (Å²) in [6.45, 7) is 1.83. The maximum Gasteiger partial charge on any atom is 0.244 e. The highest BCUT2D eigenvalue weighted by molar-refractivity contribution is 5.92. The molecule has 1 atom stereocenters. The lowest BCUT2D eigenvalue weighted by Gasteiger charge is -2.07. The van der Waals surface area contributed by atoms with Gasteiger partial charge in [-0.15, -0.1) is 0 Å². The first-order chi connectivity index (χ1) is 9.06. The third kappa shape index (κ3) is 5.01. The van der Waals surface area contributed by atoms with Crippen LogP contribution >= 0.6 is 0 Å². The van der Waals surface area contributed by atoms with Crippen molar-refractivity contribution in [3.8, 4) is 11.5 Å². The number of hydrogen-bond donors (Lipinski definition) is 2. The van der Waals surface area contributed by atoms with Gasteiger partial charge in [0, 0.05) is 24.3 Å². The lowest BCUT2D eigenvalue weighted by molar-refractivity contribution is -0.116. The van der Waals surface area contributed by atoms with Gasteiger partial charge < -0.3 is 19.9 Å². The van der Waals surface area contributed by atoms with E-state index in [-0.39, 0.29) is 12.5 Å². The van der Waals surface area contributed by atoms with Gasteiger partial charge in [0.1, 0.15) is 11.5 Å². The number of amides is 1. The smallest absolute Gasteiger partial charge is 0.244 e. The average molecular weight is 265 g/mol. The number of aliphatic hydroxyl groups is 1. The van der Waals surface area contributed by atoms with E-state index in [1.54, 1.807) is 45.4 Å². The van der Waals surface area contributed by atoms with Crippen LogP contribution in [0, 0.1) is 0 Å². The highest BCUT2D eigenvalue weighted by Gasteiger charge is 2.03. The van der Waals surface area contributed by atoms with Gasteiger partial charge >= 0.3 is 0 Å². The van der Waals surface area contributed by atoms with E-state index in [2.05, 4.69) is 5.32 Å². The van der Waals surface area contributed by atoms with E-state index in [0.29, 0.717) is 11.5 Å². The molecule has 5 heteroatoms. The maximum atomic E-state index is 11.5. The van der Waals surface area contributed by atoms with Crippen molar-refractivity contribution >= 4 is 12.0 Å². The molecule has 5 nitrogen and oxygen atoms in total. The molecule has 0 spiro atoms. The Hall–Kier alpha value is -2.01. The Morgan fingerprint density at radius 1 is 1.42 bits per heavy atom. The Kier molecular flexibility index (Phi) is 5.89. The standard InChI is InChI=1S/C14H19NO4/c1-10(16)9-15-14(17)7-5-11-4-6-12(18-2)8-13(11)19-3/h4-8,10,16H,9H2,1-3H3,(H,15,17)/b7-5+. The van der Waals surface area contributed by atoms with Gasteiger partial charge in [-0.2, -0.15) is 0 Å². The Labute approximate surface area is 112 Å². The van der Waals surface area contributed by atoms with Gasteiger partial charge in [0.25, 0.3) is 0 Å². The summed E-state index contributed by atoms with van der Waals surface area (Å²) in [5.74, 6) is 1.05. The van der Waals surface area contributed by atoms with Crippen molar-refractivity contribution in [3.05, 3.63) is 29.8 Å². The van der Waals surface area contributed by atoms with Crippen molar-refractivity contribution in [3.63, 3.8) is 0 Å². The predicted molar refractivity (Wildman–Crippen MR) is 73.3 cm³/mol. The van der Waals surface area contributed by atoms with Crippen LogP contribution in [0.3, 0.4) is 0 Å². The van der Waals surface area contributed by atoms with Gasteiger partial charge in [-0.25, -0.2) is 0 Å². The minimum atomic E-state index is -0.562. The van der Waals surface area contributed by atoms with Crippen molar-refractivity contribution in [2.45, 2.75) is 13.0 Å². The van der Waals surface area contributed by atoms with Crippen LogP contribution in [0.5, 0.6) is 11.5 Å². The summed E-state index contributed by atoms with van der Waals surface area (Å²) in [6, 6.07) is 5.33. The van der Waals surface area contributed by atoms with E-state index in [1.807, 2.05) is 0 Å². The number of carbonyl (C=O) groups excluding carboxylic acids is 1. The van der Waals surface area contributed by atoms with Gasteiger partial charge in [-0.3, -0.25) is 4.79 Å². The first kappa shape index (κ1) is 15.0. The molecular formula is C14H19NO4. The molecule has 0 radical (unpaired) electrons. The molecular weight excluding hydrogens is 246 g/mol. The van der Waals surface area contributed by atoms with Crippen LogP contribution in [-0.2, 0) is 4.79 Å². The second-order valence-corrected chi connectivity index (χ2v) is 4.04. The molecule has 0 saturated carbocycles. The lowest BCUT2D eigenvalue weighted by atomic mass is 10.1. The molecule has 0 aromatic heterocycles. The topological polar surface area (TPSA) is 67.8 Å². The van der Waals surface area contributed by atoms with E-state index in [0.717, 1.165) is 5.56 Å². The van der Waals surface area contributed by atoms with Gasteiger partial charge in [-0.05, 0) is 25.1 Å². The minimum absolute atomic E-state index is 0.225. The molecule has 0 aliphatic carbocycles. The van der Waals surface area contributed by atoms with E-state index in [9.17, 15) is 4.79 Å². The Morgan fingerprint density at radius 2 is 2.16 bits per heavy atom. The van der Waals surface area contributed by atoms with E-state index in [4.69, 9.17) is 14.6 Å². The lowest BCUT2D eigenvalue weighted by Crippen LogP contribution is -2.28. The first-order valence-electron chi connectivity index (χ1n) is 5.92. The van der Waals surface area contributed by atoms with Crippen LogP contribution in [0.25, 0.3) is 6.08 Å². The number of nitrogens with one attached hydrogen (secondary N) is 1. The third-order valence-electron chi connectivity index (χ3n) is 2.43. The van der Waals surface area contributed by atoms with Crippen molar-refractivity contribution in [1.82, 2.24) is 5.32 Å². The summed E-state index contributed by atoms with van der Waals surface area (Å²) in [7, 11) is 3.13. The average Bonchev–Trinajstić information content (AvgIpc) is 2.42. The van der Waals surface area contributed by atoms with Crippen molar-refractivity contribution < 1.29 is 19.4 Å². The molecule has 0 bridgehead atoms. The zero-order chi connectivity index (χ0) is 14.3. The molecule has 0 heterocycles. The molecule has 1 amide bonds. The van der Waals surface area contributed by atoms with Crippen LogP contribution in [0.1, 0.15) is 12.5 Å². The van der Waals surface area contributed by atoms with E-state index >= 15 is 0 Å². The van der Waals surface area contributed by atoms with Crippen molar-refractivity contribution in [2.24, 2.45) is 0 Å². The molecule has 0 saturated heterocycles. The van der Waals surface area contributed by atoms with Crippen LogP contribution in [0.4, 0.5) is 0 Å². The Balaban J connectivity index is 2.73. The normalized spacial score (nSPS) is 12.2. The first-order valence-corrected chi connectivity index (χ1v) is 5.92.